The number of phenols is 1. The summed E-state index contributed by atoms with van der Waals surface area (Å²) in [5.74, 6) is -6.69. The number of aliphatic hydroxyl groups excluding tert-OH is 1. The van der Waals surface area contributed by atoms with Gasteiger partial charge in [0, 0.05) is 49.6 Å². The first kappa shape index (κ1) is 41.7. The van der Waals surface area contributed by atoms with E-state index in [0.717, 1.165) is 45.2 Å². The summed E-state index contributed by atoms with van der Waals surface area (Å²) in [5, 5.41) is 27.1. The van der Waals surface area contributed by atoms with E-state index in [9.17, 15) is 55.7 Å². The smallest absolute Gasteiger partial charge is 0.458 e. The molecule has 1 amide bonds. The lowest BCUT2D eigenvalue weighted by molar-refractivity contribution is -0.193. The molecule has 10 nitrogen and oxygen atoms in total. The molecule has 0 aliphatic rings. The average molecular weight is 743 g/mol. The minimum Gasteiger partial charge on any atom is -0.506 e. The molecule has 2 aromatic carbocycles. The van der Waals surface area contributed by atoms with Gasteiger partial charge in [-0.1, -0.05) is 55.0 Å². The van der Waals surface area contributed by atoms with Crippen LogP contribution in [0.4, 0.5) is 26.3 Å². The first-order valence-corrected chi connectivity index (χ1v) is 16.1. The summed E-state index contributed by atoms with van der Waals surface area (Å²) < 4.78 is 67.7. The average Bonchev–Trinajstić information content (AvgIpc) is 3.42. The summed E-state index contributed by atoms with van der Waals surface area (Å²) in [4.78, 5) is 48.2. The molecule has 18 heteroatoms. The van der Waals surface area contributed by atoms with Crippen LogP contribution < -0.4 is 15.5 Å². The predicted octanol–water partition coefficient (Wildman–Crippen LogP) is 4.40. The number of aliphatic hydroxyl groups is 1. The van der Waals surface area contributed by atoms with Crippen LogP contribution in [0, 0.1) is 5.41 Å². The van der Waals surface area contributed by atoms with Gasteiger partial charge in [0.1, 0.15) is 11.3 Å². The first-order valence-electron chi connectivity index (χ1n) is 14.9. The standard InChI is InChI=1S/C27H37ClN4O4S.C4F6O2/c1-27(2,18-33)17-32(23(35)10-13-29-11-8-19-4-3-5-21(28)16-19)15-14-30-12-9-20-6-7-22(34)24-25(20)37-26(36)31-24;5-3(6,7)1(11)2(12)4(8,9)10/h3-7,16,29-30,33-34H,8-15,17-18H2,1-2H3,(H,31,36);. The van der Waals surface area contributed by atoms with E-state index < -0.39 is 23.9 Å². The third-order valence-electron chi connectivity index (χ3n) is 6.88. The second-order valence-electron chi connectivity index (χ2n) is 11.6. The molecule has 0 bridgehead atoms. The van der Waals surface area contributed by atoms with Gasteiger partial charge in [-0.05, 0) is 55.3 Å². The molecule has 272 valence electrons. The molecule has 5 N–H and O–H groups in total. The number of alkyl halides is 6. The highest BCUT2D eigenvalue weighted by molar-refractivity contribution is 7.16. The zero-order valence-electron chi connectivity index (χ0n) is 26.6. The number of thiazole rings is 1. The largest absolute Gasteiger partial charge is 0.506 e. The number of aromatic amines is 1. The Morgan fingerprint density at radius 3 is 2.12 bits per heavy atom. The fourth-order valence-electron chi connectivity index (χ4n) is 4.35. The van der Waals surface area contributed by atoms with Crippen molar-refractivity contribution in [2.45, 2.75) is 45.5 Å². The van der Waals surface area contributed by atoms with Crippen LogP contribution >= 0.6 is 22.9 Å². The summed E-state index contributed by atoms with van der Waals surface area (Å²) in [7, 11) is 0. The highest BCUT2D eigenvalue weighted by Gasteiger charge is 2.54. The lowest BCUT2D eigenvalue weighted by Gasteiger charge is -2.31. The van der Waals surface area contributed by atoms with Gasteiger partial charge >= 0.3 is 28.8 Å². The molecule has 0 fully saturated rings. The molecule has 49 heavy (non-hydrogen) atoms. The van der Waals surface area contributed by atoms with Gasteiger partial charge in [-0.25, -0.2) is 0 Å². The molecular formula is C31H37ClF6N4O6S. The molecule has 1 heterocycles. The fourth-order valence-corrected chi connectivity index (χ4v) is 5.46. The van der Waals surface area contributed by atoms with Crippen molar-refractivity contribution < 1.29 is 50.9 Å². The number of nitrogens with zero attached hydrogens (tertiary/aromatic N) is 1. The van der Waals surface area contributed by atoms with Gasteiger partial charge < -0.3 is 30.7 Å². The number of carbonyl (C=O) groups excluding carboxylic acids is 3. The molecule has 0 saturated heterocycles. The van der Waals surface area contributed by atoms with Crippen LogP contribution in [0.2, 0.25) is 5.02 Å². The minimum absolute atomic E-state index is 0.00151. The molecule has 0 aliphatic carbocycles. The molecule has 0 spiro atoms. The van der Waals surface area contributed by atoms with Crippen molar-refractivity contribution in [2.24, 2.45) is 5.41 Å². The molecule has 0 unspecified atom stereocenters. The summed E-state index contributed by atoms with van der Waals surface area (Å²) in [5.41, 5.74) is 2.24. The number of benzene rings is 2. The molecule has 0 aliphatic heterocycles. The number of amides is 1. The van der Waals surface area contributed by atoms with E-state index in [4.69, 9.17) is 11.6 Å². The van der Waals surface area contributed by atoms with Crippen molar-refractivity contribution in [3.63, 3.8) is 0 Å². The quantitative estimate of drug-likeness (QED) is 0.0824. The van der Waals surface area contributed by atoms with E-state index >= 15 is 0 Å². The number of aromatic hydroxyl groups is 1. The Kier molecular flexibility index (Phi) is 15.7. The minimum atomic E-state index is -5.77. The molecule has 0 atom stereocenters. The van der Waals surface area contributed by atoms with Gasteiger partial charge in [-0.15, -0.1) is 0 Å². The summed E-state index contributed by atoms with van der Waals surface area (Å²) in [6.07, 6.45) is -9.63. The Labute approximate surface area is 286 Å². The van der Waals surface area contributed by atoms with Gasteiger partial charge in [0.25, 0.3) is 0 Å². The van der Waals surface area contributed by atoms with Crippen molar-refractivity contribution in [1.82, 2.24) is 20.5 Å². The predicted molar refractivity (Wildman–Crippen MR) is 173 cm³/mol. The topological polar surface area (TPSA) is 152 Å². The third-order valence-corrected chi connectivity index (χ3v) is 8.08. The maximum atomic E-state index is 13.0. The maximum absolute atomic E-state index is 13.0. The van der Waals surface area contributed by atoms with Gasteiger partial charge in [0.15, 0.2) is 0 Å². The number of ketones is 2. The first-order chi connectivity index (χ1) is 22.7. The third kappa shape index (κ3) is 14.1. The van der Waals surface area contributed by atoms with Crippen LogP contribution in [0.15, 0.2) is 41.2 Å². The zero-order valence-corrected chi connectivity index (χ0v) is 28.1. The number of H-pyrrole nitrogens is 1. The van der Waals surface area contributed by atoms with Crippen LogP contribution in [0.3, 0.4) is 0 Å². The summed E-state index contributed by atoms with van der Waals surface area (Å²) >= 11 is 7.13. The van der Waals surface area contributed by atoms with Crippen molar-refractivity contribution in [2.75, 3.05) is 45.9 Å². The fraction of sp³-hybridized carbons (Fsp3) is 0.484. The highest BCUT2D eigenvalue weighted by Crippen LogP contribution is 2.28. The maximum Gasteiger partial charge on any atom is 0.458 e. The van der Waals surface area contributed by atoms with Crippen LogP contribution in [0.1, 0.15) is 31.4 Å². The van der Waals surface area contributed by atoms with Crippen molar-refractivity contribution in [3.05, 3.63) is 62.2 Å². The van der Waals surface area contributed by atoms with Crippen molar-refractivity contribution >= 4 is 50.6 Å². The van der Waals surface area contributed by atoms with E-state index in [1.807, 2.05) is 49.1 Å². The summed E-state index contributed by atoms with van der Waals surface area (Å²) in [6.45, 7) is 7.53. The Balaban J connectivity index is 0.000000591. The number of carbonyl (C=O) groups is 3. The monoisotopic (exact) mass is 742 g/mol. The van der Waals surface area contributed by atoms with Gasteiger partial charge in [0.05, 0.1) is 4.70 Å². The van der Waals surface area contributed by atoms with Gasteiger partial charge in [0.2, 0.25) is 5.91 Å². The number of aromatic nitrogens is 1. The van der Waals surface area contributed by atoms with Crippen molar-refractivity contribution in [3.8, 4) is 5.75 Å². The number of phenolic OH excluding ortho intramolecular Hbond substituents is 1. The van der Waals surface area contributed by atoms with Crippen molar-refractivity contribution in [1.29, 1.82) is 0 Å². The highest BCUT2D eigenvalue weighted by atomic mass is 35.5. The van der Waals surface area contributed by atoms with Crippen LogP contribution in [-0.4, -0.2) is 95.8 Å². The van der Waals surface area contributed by atoms with Gasteiger partial charge in [-0.2, -0.15) is 26.3 Å². The Bertz CT molecular complexity index is 1600. The number of hydrogen-bond donors (Lipinski definition) is 5. The lowest BCUT2D eigenvalue weighted by atomic mass is 9.94. The van der Waals surface area contributed by atoms with Gasteiger partial charge in [-0.3, -0.25) is 19.2 Å². The SMILES string of the molecule is CC(C)(CO)CN(CCNCCc1ccc(O)c2[nH]c(=O)sc12)C(=O)CCNCCc1cccc(Cl)c1.O=C(C(=O)C(F)(F)F)C(F)(F)F. The van der Waals surface area contributed by atoms with E-state index in [-0.39, 0.29) is 28.6 Å². The Morgan fingerprint density at radius 2 is 1.53 bits per heavy atom. The lowest BCUT2D eigenvalue weighted by Crippen LogP contribution is -2.44. The molecular weight excluding hydrogens is 706 g/mol. The molecule has 3 rings (SSSR count). The number of rotatable bonds is 16. The van der Waals surface area contributed by atoms with E-state index in [2.05, 4.69) is 15.6 Å². The van der Waals surface area contributed by atoms with Crippen LogP contribution in [-0.2, 0) is 27.2 Å². The molecule has 1 aromatic heterocycles. The Morgan fingerprint density at radius 1 is 0.918 bits per heavy atom. The second kappa shape index (κ2) is 18.5. The van der Waals surface area contributed by atoms with E-state index in [0.29, 0.717) is 51.1 Å². The number of nitrogens with one attached hydrogen (secondary N) is 3. The zero-order chi connectivity index (χ0) is 37.0. The number of hydrogen-bond acceptors (Lipinski definition) is 9. The second-order valence-corrected chi connectivity index (χ2v) is 13.1. The number of halogens is 7. The molecule has 3 aromatic rings. The van der Waals surface area contributed by atoms with E-state index in [1.54, 1.807) is 6.07 Å². The number of Topliss-reactive ketones (excluding diaryl/α,β-unsaturated/α-hetero) is 2. The van der Waals surface area contributed by atoms with E-state index in [1.165, 1.54) is 0 Å². The molecule has 0 saturated carbocycles. The van der Waals surface area contributed by atoms with Crippen LogP contribution in [0.5, 0.6) is 5.75 Å². The molecule has 0 radical (unpaired) electrons. The Hall–Kier alpha value is -3.51. The normalized spacial score (nSPS) is 12.0. The number of fused-ring (bicyclic) bond motifs is 1. The summed E-state index contributed by atoms with van der Waals surface area (Å²) in [6, 6.07) is 11.2. The van der Waals surface area contributed by atoms with Crippen LogP contribution in [0.25, 0.3) is 10.2 Å².